The Kier molecular flexibility index (Phi) is 3.52. The molecule has 0 saturated carbocycles. The van der Waals surface area contributed by atoms with E-state index < -0.39 is 0 Å². The smallest absolute Gasteiger partial charge is 0.169 e. The van der Waals surface area contributed by atoms with Gasteiger partial charge in [-0.3, -0.25) is 0 Å². The van der Waals surface area contributed by atoms with E-state index in [4.69, 9.17) is 17.3 Å². The fraction of sp³-hybridized carbons (Fsp3) is 0.333. The number of aromatic nitrogens is 3. The van der Waals surface area contributed by atoms with Crippen molar-refractivity contribution in [2.24, 2.45) is 0 Å². The summed E-state index contributed by atoms with van der Waals surface area (Å²) in [5, 5.41) is 8.21. The molecule has 4 nitrogen and oxygen atoms in total. The summed E-state index contributed by atoms with van der Waals surface area (Å²) < 4.78 is 14.7. The van der Waals surface area contributed by atoms with E-state index in [9.17, 15) is 4.39 Å². The van der Waals surface area contributed by atoms with Crippen molar-refractivity contribution in [2.45, 2.75) is 26.3 Å². The molecule has 6 heteroatoms. The van der Waals surface area contributed by atoms with Gasteiger partial charge >= 0.3 is 0 Å². The molecule has 0 fully saturated rings. The summed E-state index contributed by atoms with van der Waals surface area (Å²) in [7, 11) is 0. The van der Waals surface area contributed by atoms with Gasteiger partial charge < -0.3 is 5.73 Å². The predicted octanol–water partition coefficient (Wildman–Crippen LogP) is 2.82. The van der Waals surface area contributed by atoms with Crippen LogP contribution in [-0.4, -0.2) is 15.0 Å². The highest BCUT2D eigenvalue weighted by atomic mass is 35.5. The monoisotopic (exact) mass is 268 g/mol. The van der Waals surface area contributed by atoms with Gasteiger partial charge in [0.05, 0.1) is 12.2 Å². The zero-order valence-electron chi connectivity index (χ0n) is 10.2. The third-order valence-electron chi connectivity index (χ3n) is 2.68. The van der Waals surface area contributed by atoms with Gasteiger partial charge in [0.1, 0.15) is 5.82 Å². The van der Waals surface area contributed by atoms with Crippen LogP contribution in [0.25, 0.3) is 0 Å². The van der Waals surface area contributed by atoms with Crippen molar-refractivity contribution in [2.75, 3.05) is 5.73 Å². The summed E-state index contributed by atoms with van der Waals surface area (Å²) in [6.45, 7) is 4.45. The van der Waals surface area contributed by atoms with Gasteiger partial charge in [-0.1, -0.05) is 36.7 Å². The van der Waals surface area contributed by atoms with Crippen molar-refractivity contribution >= 4 is 17.4 Å². The van der Waals surface area contributed by atoms with Crippen molar-refractivity contribution in [3.8, 4) is 0 Å². The summed E-state index contributed by atoms with van der Waals surface area (Å²) in [6.07, 6.45) is 0. The Morgan fingerprint density at radius 3 is 2.78 bits per heavy atom. The molecule has 2 aromatic rings. The van der Waals surface area contributed by atoms with Crippen LogP contribution >= 0.6 is 11.6 Å². The van der Waals surface area contributed by atoms with Crippen LogP contribution in [-0.2, 0) is 6.54 Å². The Balaban J connectivity index is 2.34. The quantitative estimate of drug-likeness (QED) is 0.931. The lowest BCUT2D eigenvalue weighted by Crippen LogP contribution is -2.09. The number of nitrogens with zero attached hydrogens (tertiary/aromatic N) is 3. The maximum Gasteiger partial charge on any atom is 0.169 e. The van der Waals surface area contributed by atoms with E-state index in [1.165, 1.54) is 12.1 Å². The van der Waals surface area contributed by atoms with Crippen LogP contribution in [0.15, 0.2) is 18.2 Å². The van der Waals surface area contributed by atoms with Crippen LogP contribution in [0.2, 0.25) is 5.02 Å². The second-order valence-corrected chi connectivity index (χ2v) is 4.82. The van der Waals surface area contributed by atoms with E-state index in [1.54, 1.807) is 10.7 Å². The van der Waals surface area contributed by atoms with Crippen molar-refractivity contribution in [3.63, 3.8) is 0 Å². The molecule has 2 rings (SSSR count). The summed E-state index contributed by atoms with van der Waals surface area (Å²) in [5.41, 5.74) is 7.41. The number of benzene rings is 1. The highest BCUT2D eigenvalue weighted by Gasteiger charge is 2.15. The van der Waals surface area contributed by atoms with Gasteiger partial charge in [0, 0.05) is 5.02 Å². The summed E-state index contributed by atoms with van der Waals surface area (Å²) >= 11 is 5.99. The topological polar surface area (TPSA) is 56.7 Å². The van der Waals surface area contributed by atoms with Crippen molar-refractivity contribution < 1.29 is 4.39 Å². The third kappa shape index (κ3) is 2.46. The predicted molar refractivity (Wildman–Crippen MR) is 69.0 cm³/mol. The lowest BCUT2D eigenvalue weighted by Gasteiger charge is -2.10. The molecule has 1 aromatic carbocycles. The molecule has 1 aromatic heterocycles. The first-order valence-electron chi connectivity index (χ1n) is 5.62. The minimum absolute atomic E-state index is 0.208. The number of hydrogen-bond donors (Lipinski definition) is 1. The van der Waals surface area contributed by atoms with Crippen molar-refractivity contribution in [1.82, 2.24) is 15.0 Å². The molecule has 2 N–H and O–H groups in total. The maximum absolute atomic E-state index is 13.0. The van der Waals surface area contributed by atoms with Gasteiger partial charge in [-0.15, -0.1) is 5.10 Å². The minimum atomic E-state index is -0.356. The minimum Gasteiger partial charge on any atom is -0.381 e. The normalized spacial score (nSPS) is 11.2. The number of halogens is 2. The van der Waals surface area contributed by atoms with Crippen LogP contribution in [0.1, 0.15) is 31.0 Å². The van der Waals surface area contributed by atoms with Gasteiger partial charge in [-0.25, -0.2) is 9.07 Å². The zero-order valence-corrected chi connectivity index (χ0v) is 10.9. The Labute approximate surface area is 110 Å². The van der Waals surface area contributed by atoms with E-state index >= 15 is 0 Å². The fourth-order valence-corrected chi connectivity index (χ4v) is 2.08. The van der Waals surface area contributed by atoms with Gasteiger partial charge in [-0.05, 0) is 23.6 Å². The molecule has 18 heavy (non-hydrogen) atoms. The van der Waals surface area contributed by atoms with Gasteiger partial charge in [0.15, 0.2) is 5.82 Å². The highest BCUT2D eigenvalue weighted by Crippen LogP contribution is 2.23. The average molecular weight is 269 g/mol. The lowest BCUT2D eigenvalue weighted by molar-refractivity contribution is 0.594. The first kappa shape index (κ1) is 12.8. The molecule has 0 radical (unpaired) electrons. The summed E-state index contributed by atoms with van der Waals surface area (Å²) in [4.78, 5) is 0. The lowest BCUT2D eigenvalue weighted by atomic mass is 10.1. The number of anilines is 1. The third-order valence-corrected chi connectivity index (χ3v) is 3.03. The SMILES string of the molecule is CC(C)c1c(N)nnn1Cc1ccc(F)cc1Cl. The molecule has 0 aliphatic heterocycles. The molecule has 96 valence electrons. The Morgan fingerprint density at radius 1 is 1.44 bits per heavy atom. The van der Waals surface area contributed by atoms with Crippen molar-refractivity contribution in [1.29, 1.82) is 0 Å². The van der Waals surface area contributed by atoms with Crippen LogP contribution in [0.4, 0.5) is 10.2 Å². The average Bonchev–Trinajstić information content (AvgIpc) is 2.64. The molecule has 1 heterocycles. The summed E-state index contributed by atoms with van der Waals surface area (Å²) in [5.74, 6) is 0.272. The second-order valence-electron chi connectivity index (χ2n) is 4.41. The molecule has 0 saturated heterocycles. The molecule has 0 amide bonds. The number of nitrogens with two attached hydrogens (primary N) is 1. The Hall–Kier alpha value is -1.62. The van der Waals surface area contributed by atoms with Gasteiger partial charge in [0.2, 0.25) is 0 Å². The van der Waals surface area contributed by atoms with Crippen LogP contribution in [0.3, 0.4) is 0 Å². The molecule has 0 aliphatic rings. The fourth-order valence-electron chi connectivity index (χ4n) is 1.86. The molecular formula is C12H14ClFN4. The van der Waals surface area contributed by atoms with Gasteiger partial charge in [-0.2, -0.15) is 0 Å². The Bertz CT molecular complexity index is 565. The van der Waals surface area contributed by atoms with E-state index in [-0.39, 0.29) is 11.7 Å². The van der Waals surface area contributed by atoms with Gasteiger partial charge in [0.25, 0.3) is 0 Å². The largest absolute Gasteiger partial charge is 0.381 e. The molecular weight excluding hydrogens is 255 g/mol. The maximum atomic E-state index is 13.0. The number of rotatable bonds is 3. The van der Waals surface area contributed by atoms with E-state index in [0.717, 1.165) is 11.3 Å². The second kappa shape index (κ2) is 4.94. The number of hydrogen-bond acceptors (Lipinski definition) is 3. The molecule has 0 unspecified atom stereocenters. The van der Waals surface area contributed by atoms with Crippen LogP contribution in [0.5, 0.6) is 0 Å². The van der Waals surface area contributed by atoms with Crippen LogP contribution < -0.4 is 5.73 Å². The zero-order chi connectivity index (χ0) is 13.3. The van der Waals surface area contributed by atoms with E-state index in [0.29, 0.717) is 17.4 Å². The first-order valence-corrected chi connectivity index (χ1v) is 5.99. The molecule has 0 aliphatic carbocycles. The van der Waals surface area contributed by atoms with E-state index in [2.05, 4.69) is 10.3 Å². The van der Waals surface area contributed by atoms with Crippen LogP contribution in [0, 0.1) is 5.82 Å². The standard InChI is InChI=1S/C12H14ClFN4/c1-7(2)11-12(15)16-17-18(11)6-8-3-4-9(14)5-10(8)13/h3-5,7H,6,15H2,1-2H3. The molecule has 0 atom stereocenters. The number of nitrogen functional groups attached to an aromatic ring is 1. The molecule has 0 spiro atoms. The highest BCUT2D eigenvalue weighted by molar-refractivity contribution is 6.31. The first-order chi connectivity index (χ1) is 8.49. The van der Waals surface area contributed by atoms with Crippen molar-refractivity contribution in [3.05, 3.63) is 40.3 Å². The Morgan fingerprint density at radius 2 is 2.17 bits per heavy atom. The summed E-state index contributed by atoms with van der Waals surface area (Å²) in [6, 6.07) is 4.29. The van der Waals surface area contributed by atoms with E-state index in [1.807, 2.05) is 13.8 Å². The molecule has 0 bridgehead atoms.